The van der Waals surface area contributed by atoms with Crippen LogP contribution in [0.25, 0.3) is 0 Å². The molecule has 1 saturated heterocycles. The third-order valence-electron chi connectivity index (χ3n) is 4.82. The second-order valence-corrected chi connectivity index (χ2v) is 8.81. The molecule has 6 nitrogen and oxygen atoms in total. The molecule has 0 unspecified atom stereocenters. The molecule has 0 spiro atoms. The first-order valence-corrected chi connectivity index (χ1v) is 11.1. The molecule has 0 aromatic heterocycles. The molecule has 1 amide bonds. The Bertz CT molecular complexity index is 1040. The highest BCUT2D eigenvalue weighted by atomic mass is 32.2. The zero-order chi connectivity index (χ0) is 21.6. The summed E-state index contributed by atoms with van der Waals surface area (Å²) < 4.78 is 46.1. The zero-order valence-electron chi connectivity index (χ0n) is 16.4. The van der Waals surface area contributed by atoms with Crippen molar-refractivity contribution in [1.82, 2.24) is 9.62 Å². The van der Waals surface area contributed by atoms with E-state index in [0.717, 1.165) is 30.5 Å². The molecule has 1 N–H and O–H groups in total. The minimum Gasteiger partial charge on any atom is -0.481 e. The van der Waals surface area contributed by atoms with Gasteiger partial charge in [0, 0.05) is 25.2 Å². The average Bonchev–Trinajstić information content (AvgIpc) is 3.29. The van der Waals surface area contributed by atoms with Crippen molar-refractivity contribution >= 4 is 15.9 Å². The average molecular weight is 431 g/mol. The standard InChI is InChI=1S/C22H23FN2O4S/c1-2-15-29-19-8-5-17(6-9-19)11-12-24-22(26)18-7-10-20(23)21(16-18)30(27,28)25-13-3-4-14-25/h1,5-10,16H,3-4,11-15H2,(H,24,26). The zero-order valence-corrected chi connectivity index (χ0v) is 17.3. The Morgan fingerprint density at radius 1 is 1.17 bits per heavy atom. The van der Waals surface area contributed by atoms with Gasteiger partial charge in [-0.3, -0.25) is 4.79 Å². The summed E-state index contributed by atoms with van der Waals surface area (Å²) in [7, 11) is -3.95. The van der Waals surface area contributed by atoms with E-state index >= 15 is 0 Å². The van der Waals surface area contributed by atoms with Gasteiger partial charge in [-0.25, -0.2) is 12.8 Å². The van der Waals surface area contributed by atoms with Crippen molar-refractivity contribution in [3.63, 3.8) is 0 Å². The molecule has 158 valence electrons. The summed E-state index contributed by atoms with van der Waals surface area (Å²) in [4.78, 5) is 12.0. The van der Waals surface area contributed by atoms with Crippen LogP contribution in [0.1, 0.15) is 28.8 Å². The van der Waals surface area contributed by atoms with Gasteiger partial charge in [0.15, 0.2) is 0 Å². The van der Waals surface area contributed by atoms with E-state index in [1.807, 2.05) is 12.1 Å². The van der Waals surface area contributed by atoms with Crippen molar-refractivity contribution in [2.24, 2.45) is 0 Å². The van der Waals surface area contributed by atoms with Crippen LogP contribution < -0.4 is 10.1 Å². The van der Waals surface area contributed by atoms with E-state index in [1.54, 1.807) is 12.1 Å². The molecule has 1 heterocycles. The van der Waals surface area contributed by atoms with Crippen LogP contribution in [-0.2, 0) is 16.4 Å². The van der Waals surface area contributed by atoms with E-state index in [2.05, 4.69) is 11.2 Å². The number of benzene rings is 2. The molecule has 1 aliphatic rings. The van der Waals surface area contributed by atoms with E-state index in [9.17, 15) is 17.6 Å². The number of nitrogens with zero attached hydrogens (tertiary/aromatic N) is 1. The predicted octanol–water partition coefficient (Wildman–Crippen LogP) is 2.59. The Balaban J connectivity index is 1.61. The summed E-state index contributed by atoms with van der Waals surface area (Å²) in [6, 6.07) is 10.7. The number of halogens is 1. The lowest BCUT2D eigenvalue weighted by Crippen LogP contribution is -2.30. The first kappa shape index (κ1) is 21.8. The predicted molar refractivity (Wildman–Crippen MR) is 111 cm³/mol. The summed E-state index contributed by atoms with van der Waals surface area (Å²) >= 11 is 0. The Kier molecular flexibility index (Phi) is 7.08. The number of nitrogens with one attached hydrogen (secondary N) is 1. The van der Waals surface area contributed by atoms with Crippen LogP contribution in [0.15, 0.2) is 47.4 Å². The van der Waals surface area contributed by atoms with Gasteiger partial charge in [-0.1, -0.05) is 18.1 Å². The van der Waals surface area contributed by atoms with Gasteiger partial charge in [0.1, 0.15) is 23.1 Å². The van der Waals surface area contributed by atoms with Crippen LogP contribution in [0, 0.1) is 18.2 Å². The van der Waals surface area contributed by atoms with Crippen LogP contribution in [-0.4, -0.2) is 44.9 Å². The molecule has 0 bridgehead atoms. The van der Waals surface area contributed by atoms with E-state index in [-0.39, 0.29) is 12.2 Å². The highest BCUT2D eigenvalue weighted by Gasteiger charge is 2.30. The van der Waals surface area contributed by atoms with E-state index in [1.165, 1.54) is 10.4 Å². The molecule has 30 heavy (non-hydrogen) atoms. The molecular formula is C22H23FN2O4S. The van der Waals surface area contributed by atoms with Gasteiger partial charge < -0.3 is 10.1 Å². The molecule has 2 aromatic rings. The normalized spacial score (nSPS) is 14.3. The monoisotopic (exact) mass is 430 g/mol. The number of carbonyl (C=O) groups is 1. The molecule has 0 aliphatic carbocycles. The molecule has 1 fully saturated rings. The molecule has 1 aliphatic heterocycles. The molecule has 0 radical (unpaired) electrons. The molecule has 8 heteroatoms. The Labute approximate surface area is 176 Å². The molecule has 0 atom stereocenters. The van der Waals surface area contributed by atoms with Crippen LogP contribution in [0.4, 0.5) is 4.39 Å². The molecule has 3 rings (SSSR count). The van der Waals surface area contributed by atoms with Crippen molar-refractivity contribution in [1.29, 1.82) is 0 Å². The topological polar surface area (TPSA) is 75.7 Å². The number of carbonyl (C=O) groups excluding carboxylic acids is 1. The number of hydrogen-bond acceptors (Lipinski definition) is 4. The Morgan fingerprint density at radius 2 is 1.87 bits per heavy atom. The fraction of sp³-hybridized carbons (Fsp3) is 0.318. The SMILES string of the molecule is C#CCOc1ccc(CCNC(=O)c2ccc(F)c(S(=O)(=O)N3CCCC3)c2)cc1. The quantitative estimate of drug-likeness (QED) is 0.654. The fourth-order valence-electron chi connectivity index (χ4n) is 3.21. The lowest BCUT2D eigenvalue weighted by atomic mass is 10.1. The van der Waals surface area contributed by atoms with Crippen LogP contribution >= 0.6 is 0 Å². The maximum atomic E-state index is 14.2. The largest absolute Gasteiger partial charge is 0.481 e. The van der Waals surface area contributed by atoms with Crippen molar-refractivity contribution < 1.29 is 22.3 Å². The molecular weight excluding hydrogens is 407 g/mol. The lowest BCUT2D eigenvalue weighted by Gasteiger charge is -2.16. The summed E-state index contributed by atoms with van der Waals surface area (Å²) in [6.07, 6.45) is 7.22. The number of ether oxygens (including phenoxy) is 1. The molecule has 0 saturated carbocycles. The second kappa shape index (κ2) is 9.74. The summed E-state index contributed by atoms with van der Waals surface area (Å²) in [6.45, 7) is 1.27. The van der Waals surface area contributed by atoms with Gasteiger partial charge in [-0.15, -0.1) is 6.42 Å². The number of rotatable bonds is 8. The maximum Gasteiger partial charge on any atom is 0.251 e. The van der Waals surface area contributed by atoms with Crippen molar-refractivity contribution in [3.8, 4) is 18.1 Å². The minimum absolute atomic E-state index is 0.104. The first-order valence-electron chi connectivity index (χ1n) is 9.65. The van der Waals surface area contributed by atoms with Crippen LogP contribution in [0.2, 0.25) is 0 Å². The Morgan fingerprint density at radius 3 is 2.53 bits per heavy atom. The first-order chi connectivity index (χ1) is 14.4. The smallest absolute Gasteiger partial charge is 0.251 e. The van der Waals surface area contributed by atoms with Crippen LogP contribution in [0.5, 0.6) is 5.75 Å². The number of sulfonamides is 1. The van der Waals surface area contributed by atoms with Gasteiger partial charge in [0.05, 0.1) is 0 Å². The lowest BCUT2D eigenvalue weighted by molar-refractivity contribution is 0.0954. The van der Waals surface area contributed by atoms with Gasteiger partial charge in [-0.2, -0.15) is 4.31 Å². The third-order valence-corrected chi connectivity index (χ3v) is 6.73. The number of hydrogen-bond donors (Lipinski definition) is 1. The summed E-state index contributed by atoms with van der Waals surface area (Å²) in [5.74, 6) is 1.75. The van der Waals surface area contributed by atoms with Gasteiger partial charge >= 0.3 is 0 Å². The summed E-state index contributed by atoms with van der Waals surface area (Å²) in [5.41, 5.74) is 1.09. The van der Waals surface area contributed by atoms with E-state index in [0.29, 0.717) is 31.8 Å². The second-order valence-electron chi connectivity index (χ2n) is 6.90. The summed E-state index contributed by atoms with van der Waals surface area (Å²) in [5, 5.41) is 2.74. The van der Waals surface area contributed by atoms with Crippen molar-refractivity contribution in [3.05, 3.63) is 59.4 Å². The maximum absolute atomic E-state index is 14.2. The van der Waals surface area contributed by atoms with Gasteiger partial charge in [-0.05, 0) is 55.2 Å². The Hall–Kier alpha value is -2.89. The molecule has 2 aromatic carbocycles. The van der Waals surface area contributed by atoms with E-state index < -0.39 is 26.6 Å². The van der Waals surface area contributed by atoms with Gasteiger partial charge in [0.2, 0.25) is 10.0 Å². The van der Waals surface area contributed by atoms with Crippen molar-refractivity contribution in [2.75, 3.05) is 26.2 Å². The van der Waals surface area contributed by atoms with Crippen molar-refractivity contribution in [2.45, 2.75) is 24.2 Å². The van der Waals surface area contributed by atoms with Gasteiger partial charge in [0.25, 0.3) is 5.91 Å². The fourth-order valence-corrected chi connectivity index (χ4v) is 4.82. The third kappa shape index (κ3) is 5.17. The number of amides is 1. The highest BCUT2D eigenvalue weighted by molar-refractivity contribution is 7.89. The van der Waals surface area contributed by atoms with E-state index in [4.69, 9.17) is 11.2 Å². The number of terminal acetylenes is 1. The van der Waals surface area contributed by atoms with Crippen LogP contribution in [0.3, 0.4) is 0 Å². The minimum atomic E-state index is -3.95. The highest BCUT2D eigenvalue weighted by Crippen LogP contribution is 2.24.